The Morgan fingerprint density at radius 3 is 1.98 bits per heavy atom. The number of guanidine groups is 1. The molecule has 2 N–H and O–H groups in total. The molecule has 3 aromatic rings. The largest absolute Gasteiger partial charge is 0.453 e. The molecule has 0 aliphatic carbocycles. The predicted octanol–water partition coefficient (Wildman–Crippen LogP) is 5.43. The van der Waals surface area contributed by atoms with Gasteiger partial charge in [-0.1, -0.05) is 60.7 Å². The number of nitrogens with zero attached hydrogens (tertiary/aromatic N) is 4. The minimum absolute atomic E-state index is 0.0135. The van der Waals surface area contributed by atoms with E-state index in [1.54, 1.807) is 17.0 Å². The maximum atomic E-state index is 12.8. The van der Waals surface area contributed by atoms with E-state index < -0.39 is 11.6 Å². The molecule has 2 amide bonds. The Kier molecular flexibility index (Phi) is 10.2. The molecule has 0 radical (unpaired) electrons. The van der Waals surface area contributed by atoms with Gasteiger partial charge < -0.3 is 25.2 Å². The molecule has 1 aliphatic rings. The van der Waals surface area contributed by atoms with Gasteiger partial charge >= 0.3 is 6.09 Å². The van der Waals surface area contributed by atoms with Crippen molar-refractivity contribution in [1.29, 1.82) is 5.26 Å². The van der Waals surface area contributed by atoms with Crippen molar-refractivity contribution in [3.63, 3.8) is 0 Å². The van der Waals surface area contributed by atoms with Crippen LogP contribution in [0.2, 0.25) is 0 Å². The Hall–Kier alpha value is -4.84. The number of benzene rings is 3. The van der Waals surface area contributed by atoms with Crippen molar-refractivity contribution in [3.8, 4) is 6.19 Å². The van der Waals surface area contributed by atoms with Crippen LogP contribution in [0.3, 0.4) is 0 Å². The molecule has 1 fully saturated rings. The number of likely N-dealkylation sites (tertiary alicyclic amines) is 1. The Morgan fingerprint density at radius 2 is 1.50 bits per heavy atom. The van der Waals surface area contributed by atoms with Crippen molar-refractivity contribution in [2.24, 2.45) is 10.9 Å². The lowest BCUT2D eigenvalue weighted by Crippen LogP contribution is -2.55. The fourth-order valence-corrected chi connectivity index (χ4v) is 5.77. The predicted molar refractivity (Wildman–Crippen MR) is 164 cm³/mol. The third-order valence-electron chi connectivity index (χ3n) is 7.94. The highest BCUT2D eigenvalue weighted by Crippen LogP contribution is 2.42. The Morgan fingerprint density at radius 1 is 0.952 bits per heavy atom. The van der Waals surface area contributed by atoms with Crippen LogP contribution in [0.25, 0.3) is 0 Å². The number of hydrogen-bond acceptors (Lipinski definition) is 5. The number of anilines is 1. The van der Waals surface area contributed by atoms with Crippen molar-refractivity contribution < 1.29 is 14.3 Å². The number of carbonyl (C=O) groups excluding carboxylic acids is 2. The smallest absolute Gasteiger partial charge is 0.407 e. The third kappa shape index (κ3) is 6.55. The van der Waals surface area contributed by atoms with Crippen LogP contribution < -0.4 is 10.6 Å². The van der Waals surface area contributed by atoms with Gasteiger partial charge in [0.1, 0.15) is 0 Å². The molecule has 9 heteroatoms. The van der Waals surface area contributed by atoms with E-state index in [0.717, 1.165) is 29.7 Å². The van der Waals surface area contributed by atoms with Crippen LogP contribution in [0, 0.1) is 17.4 Å². The van der Waals surface area contributed by atoms with Crippen LogP contribution in [0.4, 0.5) is 10.5 Å². The van der Waals surface area contributed by atoms with Crippen LogP contribution >= 0.6 is 0 Å². The van der Waals surface area contributed by atoms with Gasteiger partial charge in [-0.25, -0.2) is 4.79 Å². The van der Waals surface area contributed by atoms with E-state index >= 15 is 0 Å². The van der Waals surface area contributed by atoms with Gasteiger partial charge in [0, 0.05) is 37.4 Å². The van der Waals surface area contributed by atoms with Gasteiger partial charge in [-0.3, -0.25) is 4.79 Å². The van der Waals surface area contributed by atoms with Crippen LogP contribution in [-0.2, 0) is 10.3 Å². The zero-order valence-corrected chi connectivity index (χ0v) is 24.4. The SMILES string of the molecule is CCN(CC)C(=O)c1ccc(N/C(=N/C#N)N2CCC(C(NC(=O)OC)(c3ccccc3)c3ccccc3)CC2)cc1. The molecule has 0 unspecified atom stereocenters. The number of piperidine rings is 1. The fraction of sp³-hybridized carbons (Fsp3) is 0.333. The highest BCUT2D eigenvalue weighted by molar-refractivity contribution is 5.97. The number of hydrogen-bond donors (Lipinski definition) is 2. The fourth-order valence-electron chi connectivity index (χ4n) is 5.77. The van der Waals surface area contributed by atoms with Crippen LogP contribution in [0.15, 0.2) is 89.9 Å². The standard InChI is InChI=1S/C33H38N6O3/c1-4-38(5-2)30(40)25-16-18-29(19-17-25)36-31(35-24-34)39-22-20-28(21-23-39)33(37-32(41)42-3,26-12-8-6-9-13-26)27-14-10-7-11-15-27/h6-19,28H,4-5,20-23H2,1-3H3,(H,35,36)(H,37,41). The van der Waals surface area contributed by atoms with Gasteiger partial charge in [0.15, 0.2) is 0 Å². The van der Waals surface area contributed by atoms with E-state index in [0.29, 0.717) is 37.7 Å². The molecule has 1 heterocycles. The number of nitrogens with one attached hydrogen (secondary N) is 2. The second-order valence-electron chi connectivity index (χ2n) is 10.1. The molecular formula is C33H38N6O3. The molecule has 42 heavy (non-hydrogen) atoms. The molecule has 9 nitrogen and oxygen atoms in total. The number of nitriles is 1. The van der Waals surface area contributed by atoms with Crippen LogP contribution in [0.1, 0.15) is 48.2 Å². The van der Waals surface area contributed by atoms with E-state index in [1.165, 1.54) is 7.11 Å². The molecule has 0 saturated carbocycles. The first-order valence-corrected chi connectivity index (χ1v) is 14.3. The highest BCUT2D eigenvalue weighted by Gasteiger charge is 2.45. The van der Waals surface area contributed by atoms with Gasteiger partial charge in [0.2, 0.25) is 12.2 Å². The number of carbonyl (C=O) groups is 2. The number of methoxy groups -OCH3 is 1. The first-order chi connectivity index (χ1) is 20.5. The molecule has 1 aliphatic heterocycles. The Bertz CT molecular complexity index is 1350. The number of amides is 2. The summed E-state index contributed by atoms with van der Waals surface area (Å²) in [6, 6.07) is 27.2. The third-order valence-corrected chi connectivity index (χ3v) is 7.94. The van der Waals surface area contributed by atoms with Gasteiger partial charge in [0.05, 0.1) is 12.6 Å². The average molecular weight is 567 g/mol. The minimum Gasteiger partial charge on any atom is -0.453 e. The monoisotopic (exact) mass is 566 g/mol. The quantitative estimate of drug-likeness (QED) is 0.214. The molecule has 0 bridgehead atoms. The summed E-state index contributed by atoms with van der Waals surface area (Å²) >= 11 is 0. The molecule has 218 valence electrons. The number of aliphatic imine (C=N–C) groups is 1. The van der Waals surface area contributed by atoms with E-state index in [4.69, 9.17) is 4.74 Å². The topological polar surface area (TPSA) is 110 Å². The lowest BCUT2D eigenvalue weighted by molar-refractivity contribution is 0.0773. The molecular weight excluding hydrogens is 528 g/mol. The summed E-state index contributed by atoms with van der Waals surface area (Å²) < 4.78 is 5.10. The van der Waals surface area contributed by atoms with Gasteiger partial charge in [-0.15, -0.1) is 4.99 Å². The number of alkyl carbamates (subject to hydrolysis) is 1. The molecule has 3 aromatic carbocycles. The lowest BCUT2D eigenvalue weighted by atomic mass is 9.69. The van der Waals surface area contributed by atoms with Crippen molar-refractivity contribution in [1.82, 2.24) is 15.1 Å². The average Bonchev–Trinajstić information content (AvgIpc) is 3.05. The van der Waals surface area contributed by atoms with E-state index in [1.807, 2.05) is 97.7 Å². The zero-order valence-electron chi connectivity index (χ0n) is 24.4. The van der Waals surface area contributed by atoms with Gasteiger partial charge in [-0.05, 0) is 68.0 Å². The maximum Gasteiger partial charge on any atom is 0.407 e. The van der Waals surface area contributed by atoms with Crippen molar-refractivity contribution in [2.75, 3.05) is 38.6 Å². The van der Waals surface area contributed by atoms with E-state index in [9.17, 15) is 14.9 Å². The lowest BCUT2D eigenvalue weighted by Gasteiger charge is -2.46. The van der Waals surface area contributed by atoms with E-state index in [-0.39, 0.29) is 11.8 Å². The van der Waals surface area contributed by atoms with Crippen molar-refractivity contribution in [3.05, 3.63) is 102 Å². The summed E-state index contributed by atoms with van der Waals surface area (Å²) in [5.74, 6) is 0.469. The summed E-state index contributed by atoms with van der Waals surface area (Å²) in [5.41, 5.74) is 2.49. The molecule has 0 spiro atoms. The summed E-state index contributed by atoms with van der Waals surface area (Å²) in [6.45, 7) is 6.44. The summed E-state index contributed by atoms with van der Waals surface area (Å²) in [7, 11) is 1.38. The minimum atomic E-state index is -0.811. The second kappa shape index (κ2) is 14.2. The van der Waals surface area contributed by atoms with Crippen LogP contribution in [-0.4, -0.2) is 61.0 Å². The van der Waals surface area contributed by atoms with E-state index in [2.05, 4.69) is 15.6 Å². The second-order valence-corrected chi connectivity index (χ2v) is 10.1. The number of rotatable bonds is 8. The molecule has 0 atom stereocenters. The summed E-state index contributed by atoms with van der Waals surface area (Å²) in [5, 5.41) is 16.0. The summed E-state index contributed by atoms with van der Waals surface area (Å²) in [6.07, 6.45) is 2.86. The first-order valence-electron chi connectivity index (χ1n) is 14.3. The molecule has 4 rings (SSSR count). The van der Waals surface area contributed by atoms with Crippen LogP contribution in [0.5, 0.6) is 0 Å². The Balaban J connectivity index is 1.56. The Labute approximate surface area is 247 Å². The van der Waals surface area contributed by atoms with Gasteiger partial charge in [0.25, 0.3) is 5.91 Å². The summed E-state index contributed by atoms with van der Waals surface area (Å²) in [4.78, 5) is 33.4. The highest BCUT2D eigenvalue weighted by atomic mass is 16.5. The molecule has 1 saturated heterocycles. The zero-order chi connectivity index (χ0) is 30.0. The van der Waals surface area contributed by atoms with Crippen molar-refractivity contribution >= 4 is 23.6 Å². The number of ether oxygens (including phenoxy) is 1. The molecule has 0 aromatic heterocycles. The maximum absolute atomic E-state index is 12.8. The van der Waals surface area contributed by atoms with Crippen molar-refractivity contribution in [2.45, 2.75) is 32.2 Å². The van der Waals surface area contributed by atoms with Gasteiger partial charge in [-0.2, -0.15) is 5.26 Å². The normalized spacial score (nSPS) is 14.0. The first kappa shape index (κ1) is 30.1.